The quantitative estimate of drug-likeness (QED) is 0.289. The second kappa shape index (κ2) is 11.0. The molecule has 1 amide bonds. The summed E-state index contributed by atoms with van der Waals surface area (Å²) in [7, 11) is 0. The molecule has 6 nitrogen and oxygen atoms in total. The molecular formula is C20H15Br2ClN2O4. The minimum absolute atomic E-state index is 0.104. The summed E-state index contributed by atoms with van der Waals surface area (Å²) in [6, 6.07) is 12.0. The fourth-order valence-corrected chi connectivity index (χ4v) is 3.60. The van der Waals surface area contributed by atoms with E-state index in [0.29, 0.717) is 15.7 Å². The van der Waals surface area contributed by atoms with Crippen molar-refractivity contribution < 1.29 is 19.1 Å². The lowest BCUT2D eigenvalue weighted by molar-refractivity contribution is -0.145. The predicted octanol–water partition coefficient (Wildman–Crippen LogP) is 5.35. The third kappa shape index (κ3) is 6.89. The summed E-state index contributed by atoms with van der Waals surface area (Å²) in [5.74, 6) is -0.815. The molecule has 0 saturated carbocycles. The molecule has 0 unspecified atom stereocenters. The highest BCUT2D eigenvalue weighted by Crippen LogP contribution is 2.35. The van der Waals surface area contributed by atoms with E-state index in [1.54, 1.807) is 31.2 Å². The molecule has 0 bridgehead atoms. The normalized spacial score (nSPS) is 10.8. The summed E-state index contributed by atoms with van der Waals surface area (Å²) in [6.45, 7) is 1.65. The molecule has 0 heterocycles. The highest BCUT2D eigenvalue weighted by Gasteiger charge is 2.14. The van der Waals surface area contributed by atoms with Gasteiger partial charge in [0, 0.05) is 10.2 Å². The molecule has 0 fully saturated rings. The van der Waals surface area contributed by atoms with Gasteiger partial charge in [-0.3, -0.25) is 4.79 Å². The first-order valence-corrected chi connectivity index (χ1v) is 10.3. The molecule has 0 spiro atoms. The Kier molecular flexibility index (Phi) is 8.70. The van der Waals surface area contributed by atoms with E-state index in [1.165, 1.54) is 12.1 Å². The summed E-state index contributed by atoms with van der Waals surface area (Å²) in [5.41, 5.74) is 0.951. The highest BCUT2D eigenvalue weighted by atomic mass is 79.9. The number of carbonyl (C=O) groups is 2. The van der Waals surface area contributed by atoms with E-state index in [1.807, 2.05) is 12.1 Å². The van der Waals surface area contributed by atoms with Gasteiger partial charge in [-0.2, -0.15) is 5.26 Å². The van der Waals surface area contributed by atoms with E-state index in [-0.39, 0.29) is 29.6 Å². The molecule has 0 aromatic heterocycles. The number of benzene rings is 2. The van der Waals surface area contributed by atoms with Gasteiger partial charge in [0.15, 0.2) is 12.4 Å². The van der Waals surface area contributed by atoms with E-state index in [0.717, 1.165) is 4.47 Å². The number of carbonyl (C=O) groups excluding carboxylic acids is 2. The van der Waals surface area contributed by atoms with Crippen LogP contribution in [0.5, 0.6) is 5.75 Å². The van der Waals surface area contributed by atoms with Crippen LogP contribution in [0.15, 0.2) is 50.9 Å². The standard InChI is InChI=1S/C20H15Br2ClN2O4/c1-2-28-18(26)11-29-19-16(22)7-12(8-17(19)23)6-13(10-24)20(27)25-15-5-3-4-14(21)9-15/h3-9H,2,11H2,1H3,(H,25,27)/b13-6-. The fraction of sp³-hybridized carbons (Fsp3) is 0.150. The van der Waals surface area contributed by atoms with Gasteiger partial charge in [-0.15, -0.1) is 0 Å². The van der Waals surface area contributed by atoms with Crippen LogP contribution in [0.3, 0.4) is 0 Å². The van der Waals surface area contributed by atoms with Crippen LogP contribution in [-0.2, 0) is 14.3 Å². The van der Waals surface area contributed by atoms with Crippen molar-refractivity contribution in [2.45, 2.75) is 6.92 Å². The van der Waals surface area contributed by atoms with Gasteiger partial charge in [-0.1, -0.05) is 33.6 Å². The maximum Gasteiger partial charge on any atom is 0.344 e. The van der Waals surface area contributed by atoms with Crippen LogP contribution < -0.4 is 10.1 Å². The lowest BCUT2D eigenvalue weighted by Gasteiger charge is -2.11. The Labute approximate surface area is 189 Å². The molecule has 2 aromatic rings. The number of hydrogen-bond donors (Lipinski definition) is 1. The number of esters is 1. The molecule has 1 N–H and O–H groups in total. The number of anilines is 1. The lowest BCUT2D eigenvalue weighted by atomic mass is 10.1. The van der Waals surface area contributed by atoms with Gasteiger partial charge in [-0.25, -0.2) is 4.79 Å². The molecule has 0 aliphatic heterocycles. The largest absolute Gasteiger partial charge is 0.479 e. The van der Waals surface area contributed by atoms with Gasteiger partial charge >= 0.3 is 5.97 Å². The zero-order valence-electron chi connectivity index (χ0n) is 15.2. The van der Waals surface area contributed by atoms with E-state index < -0.39 is 11.9 Å². The minimum Gasteiger partial charge on any atom is -0.479 e. The maximum atomic E-state index is 12.4. The third-order valence-electron chi connectivity index (χ3n) is 3.42. The molecule has 150 valence electrons. The minimum atomic E-state index is -0.555. The molecule has 0 aliphatic carbocycles. The average Bonchev–Trinajstić information content (AvgIpc) is 2.65. The summed E-state index contributed by atoms with van der Waals surface area (Å²) in [6.07, 6.45) is 1.40. The van der Waals surface area contributed by atoms with Crippen LogP contribution in [0.25, 0.3) is 6.08 Å². The first-order valence-electron chi connectivity index (χ1n) is 8.30. The fourth-order valence-electron chi connectivity index (χ4n) is 2.21. The molecule has 0 radical (unpaired) electrons. The zero-order chi connectivity index (χ0) is 21.4. The number of nitriles is 1. The van der Waals surface area contributed by atoms with Crippen molar-refractivity contribution in [2.75, 3.05) is 18.5 Å². The van der Waals surface area contributed by atoms with E-state index >= 15 is 0 Å². The number of nitrogens with zero attached hydrogens (tertiary/aromatic N) is 1. The molecule has 29 heavy (non-hydrogen) atoms. The number of nitrogens with one attached hydrogen (secondary N) is 1. The van der Waals surface area contributed by atoms with Crippen LogP contribution in [0.4, 0.5) is 5.69 Å². The first-order chi connectivity index (χ1) is 13.8. The Bertz CT molecular complexity index is 979. The monoisotopic (exact) mass is 540 g/mol. The molecule has 0 saturated heterocycles. The van der Waals surface area contributed by atoms with Crippen molar-refractivity contribution in [1.29, 1.82) is 5.26 Å². The molecule has 0 atom stereocenters. The van der Waals surface area contributed by atoms with E-state index in [4.69, 9.17) is 21.1 Å². The Morgan fingerprint density at radius 3 is 2.66 bits per heavy atom. The Hall–Kier alpha value is -2.34. The molecule has 2 rings (SSSR count). The van der Waals surface area contributed by atoms with Gasteiger partial charge in [0.05, 0.1) is 16.1 Å². The summed E-state index contributed by atoms with van der Waals surface area (Å²) in [4.78, 5) is 23.8. The van der Waals surface area contributed by atoms with Gasteiger partial charge < -0.3 is 14.8 Å². The SMILES string of the molecule is CCOC(=O)COc1c(Cl)cc(/C=C(/C#N)C(=O)Nc2cccc(Br)c2)cc1Br. The topological polar surface area (TPSA) is 88.4 Å². The zero-order valence-corrected chi connectivity index (χ0v) is 19.1. The first kappa shape index (κ1) is 22.9. The van der Waals surface area contributed by atoms with E-state index in [9.17, 15) is 14.9 Å². The second-order valence-corrected chi connectivity index (χ2v) is 7.72. The second-order valence-electron chi connectivity index (χ2n) is 5.54. The number of rotatable bonds is 7. The van der Waals surface area contributed by atoms with Crippen LogP contribution in [-0.4, -0.2) is 25.1 Å². The van der Waals surface area contributed by atoms with Crippen molar-refractivity contribution >= 4 is 67.1 Å². The van der Waals surface area contributed by atoms with Gasteiger partial charge in [0.1, 0.15) is 11.6 Å². The summed E-state index contributed by atoms with van der Waals surface area (Å²) in [5, 5.41) is 12.2. The van der Waals surface area contributed by atoms with Crippen molar-refractivity contribution in [3.05, 3.63) is 61.5 Å². The molecular weight excluding hydrogens is 527 g/mol. The Balaban J connectivity index is 2.19. The molecule has 2 aromatic carbocycles. The third-order valence-corrected chi connectivity index (χ3v) is 4.78. The lowest BCUT2D eigenvalue weighted by Crippen LogP contribution is -2.15. The highest BCUT2D eigenvalue weighted by molar-refractivity contribution is 9.10. The predicted molar refractivity (Wildman–Crippen MR) is 118 cm³/mol. The summed E-state index contributed by atoms with van der Waals surface area (Å²) >= 11 is 12.9. The van der Waals surface area contributed by atoms with Gasteiger partial charge in [-0.05, 0) is 64.8 Å². The van der Waals surface area contributed by atoms with Crippen LogP contribution in [0.2, 0.25) is 5.02 Å². The van der Waals surface area contributed by atoms with Crippen molar-refractivity contribution in [1.82, 2.24) is 0 Å². The number of ether oxygens (including phenoxy) is 2. The van der Waals surface area contributed by atoms with Crippen molar-refractivity contribution in [3.8, 4) is 11.8 Å². The van der Waals surface area contributed by atoms with Gasteiger partial charge in [0.25, 0.3) is 5.91 Å². The van der Waals surface area contributed by atoms with E-state index in [2.05, 4.69) is 37.2 Å². The molecule has 0 aliphatic rings. The van der Waals surface area contributed by atoms with Crippen LogP contribution >= 0.6 is 43.5 Å². The smallest absolute Gasteiger partial charge is 0.344 e. The van der Waals surface area contributed by atoms with Crippen LogP contribution in [0.1, 0.15) is 12.5 Å². The summed E-state index contributed by atoms with van der Waals surface area (Å²) < 4.78 is 11.4. The number of halogens is 3. The molecule has 9 heteroatoms. The number of hydrogen-bond acceptors (Lipinski definition) is 5. The van der Waals surface area contributed by atoms with Gasteiger partial charge in [0.2, 0.25) is 0 Å². The van der Waals surface area contributed by atoms with Crippen LogP contribution in [0, 0.1) is 11.3 Å². The average molecular weight is 543 g/mol. The van der Waals surface area contributed by atoms with Crippen molar-refractivity contribution in [2.24, 2.45) is 0 Å². The number of amides is 1. The maximum absolute atomic E-state index is 12.4. The Morgan fingerprint density at radius 2 is 2.03 bits per heavy atom. The Morgan fingerprint density at radius 1 is 1.28 bits per heavy atom. The van der Waals surface area contributed by atoms with Crippen molar-refractivity contribution in [3.63, 3.8) is 0 Å².